The van der Waals surface area contributed by atoms with Crippen molar-refractivity contribution < 1.29 is 9.18 Å². The number of nitrogens with one attached hydrogen (secondary N) is 2. The van der Waals surface area contributed by atoms with E-state index in [0.717, 1.165) is 47.9 Å². The molecule has 8 heteroatoms. The first-order chi connectivity index (χ1) is 15.5. The van der Waals surface area contributed by atoms with Crippen LogP contribution in [0.4, 0.5) is 10.1 Å². The van der Waals surface area contributed by atoms with E-state index in [1.807, 2.05) is 42.0 Å². The van der Waals surface area contributed by atoms with Gasteiger partial charge < -0.3 is 14.9 Å². The topological polar surface area (TPSA) is 78.8 Å². The number of benzene rings is 2. The van der Waals surface area contributed by atoms with E-state index in [4.69, 9.17) is 0 Å². The van der Waals surface area contributed by atoms with Crippen molar-refractivity contribution in [1.82, 2.24) is 24.4 Å². The van der Waals surface area contributed by atoms with Crippen LogP contribution in [-0.4, -0.2) is 43.4 Å². The van der Waals surface area contributed by atoms with E-state index in [0.29, 0.717) is 18.6 Å². The molecule has 4 aromatic rings. The first-order valence-corrected chi connectivity index (χ1v) is 10.8. The van der Waals surface area contributed by atoms with E-state index in [2.05, 4.69) is 25.2 Å². The van der Waals surface area contributed by atoms with E-state index in [9.17, 15) is 9.18 Å². The van der Waals surface area contributed by atoms with E-state index >= 15 is 0 Å². The molecule has 1 amide bonds. The molecular formula is C24H25FN6O. The zero-order chi connectivity index (χ0) is 22.1. The Labute approximate surface area is 185 Å². The predicted molar refractivity (Wildman–Crippen MR) is 121 cm³/mol. The molecular weight excluding hydrogens is 407 g/mol. The Morgan fingerprint density at radius 2 is 2.09 bits per heavy atom. The van der Waals surface area contributed by atoms with Gasteiger partial charge in [-0.15, -0.1) is 0 Å². The second-order valence-corrected chi connectivity index (χ2v) is 8.30. The zero-order valence-electron chi connectivity index (χ0n) is 17.9. The number of anilines is 1. The lowest BCUT2D eigenvalue weighted by molar-refractivity contribution is -0.121. The number of imidazole rings is 2. The van der Waals surface area contributed by atoms with Crippen LogP contribution in [0.25, 0.3) is 16.7 Å². The fourth-order valence-corrected chi connectivity index (χ4v) is 4.34. The molecule has 1 aliphatic rings. The van der Waals surface area contributed by atoms with Crippen molar-refractivity contribution in [3.63, 3.8) is 0 Å². The highest BCUT2D eigenvalue weighted by Crippen LogP contribution is 2.22. The van der Waals surface area contributed by atoms with Gasteiger partial charge in [-0.25, -0.2) is 14.4 Å². The van der Waals surface area contributed by atoms with Gasteiger partial charge in [0.05, 0.1) is 23.5 Å². The van der Waals surface area contributed by atoms with Crippen molar-refractivity contribution in [2.45, 2.75) is 26.3 Å². The molecule has 1 atom stereocenters. The number of aryl methyl sites for hydroxylation is 1. The van der Waals surface area contributed by atoms with E-state index in [-0.39, 0.29) is 17.6 Å². The highest BCUT2D eigenvalue weighted by Gasteiger charge is 2.26. The fraction of sp³-hybridized carbons (Fsp3) is 0.292. The molecule has 0 radical (unpaired) electrons. The van der Waals surface area contributed by atoms with E-state index < -0.39 is 0 Å². The number of hydrogen-bond acceptors (Lipinski definition) is 4. The van der Waals surface area contributed by atoms with Crippen LogP contribution in [0.5, 0.6) is 0 Å². The summed E-state index contributed by atoms with van der Waals surface area (Å²) in [4.78, 5) is 27.1. The number of rotatable bonds is 5. The van der Waals surface area contributed by atoms with Gasteiger partial charge in [-0.05, 0) is 68.8 Å². The minimum Gasteiger partial charge on any atom is -0.341 e. The molecule has 0 saturated carbocycles. The molecule has 2 aromatic carbocycles. The number of amides is 1. The normalized spacial score (nSPS) is 17.0. The van der Waals surface area contributed by atoms with Crippen molar-refractivity contribution in [3.05, 3.63) is 72.3 Å². The number of likely N-dealkylation sites (tertiary alicyclic amines) is 1. The number of hydrogen-bond donors (Lipinski definition) is 2. The smallest absolute Gasteiger partial charge is 0.228 e. The summed E-state index contributed by atoms with van der Waals surface area (Å²) in [6.45, 7) is 4.14. The molecule has 1 saturated heterocycles. The van der Waals surface area contributed by atoms with Crippen LogP contribution in [0.3, 0.4) is 0 Å². The van der Waals surface area contributed by atoms with Gasteiger partial charge in [0.25, 0.3) is 0 Å². The molecule has 0 spiro atoms. The van der Waals surface area contributed by atoms with Gasteiger partial charge in [-0.3, -0.25) is 9.69 Å². The van der Waals surface area contributed by atoms with Gasteiger partial charge in [0.2, 0.25) is 5.91 Å². The molecule has 2 aromatic heterocycles. The number of nitrogens with zero attached hydrogens (tertiary/aromatic N) is 4. The van der Waals surface area contributed by atoms with Gasteiger partial charge >= 0.3 is 0 Å². The maximum absolute atomic E-state index is 13.4. The number of aromatic amines is 1. The quantitative estimate of drug-likeness (QED) is 0.499. The van der Waals surface area contributed by atoms with Gasteiger partial charge in [0.1, 0.15) is 17.5 Å². The van der Waals surface area contributed by atoms with E-state index in [1.165, 1.54) is 12.1 Å². The molecule has 5 rings (SSSR count). The van der Waals surface area contributed by atoms with E-state index in [1.54, 1.807) is 12.3 Å². The lowest BCUT2D eigenvalue weighted by atomic mass is 9.97. The van der Waals surface area contributed by atoms with Crippen LogP contribution in [0.2, 0.25) is 0 Å². The molecule has 164 valence electrons. The minimum atomic E-state index is -0.282. The van der Waals surface area contributed by atoms with Crippen molar-refractivity contribution in [2.24, 2.45) is 5.92 Å². The number of H-pyrrole nitrogens is 1. The van der Waals surface area contributed by atoms with Gasteiger partial charge in [-0.1, -0.05) is 0 Å². The summed E-state index contributed by atoms with van der Waals surface area (Å²) < 4.78 is 15.4. The number of halogens is 1. The molecule has 7 nitrogen and oxygen atoms in total. The Morgan fingerprint density at radius 1 is 1.25 bits per heavy atom. The Hall–Kier alpha value is -3.52. The van der Waals surface area contributed by atoms with Crippen LogP contribution < -0.4 is 5.32 Å². The maximum atomic E-state index is 13.4. The van der Waals surface area contributed by atoms with Gasteiger partial charge in [0, 0.05) is 30.3 Å². The first kappa shape index (κ1) is 20.4. The summed E-state index contributed by atoms with van der Waals surface area (Å²) >= 11 is 0. The van der Waals surface area contributed by atoms with Crippen LogP contribution >= 0.6 is 0 Å². The average molecular weight is 433 g/mol. The van der Waals surface area contributed by atoms with Crippen molar-refractivity contribution in [2.75, 3.05) is 18.4 Å². The summed E-state index contributed by atoms with van der Waals surface area (Å²) in [7, 11) is 0. The van der Waals surface area contributed by atoms with Crippen LogP contribution in [0.15, 0.2) is 54.9 Å². The van der Waals surface area contributed by atoms with Crippen molar-refractivity contribution >= 4 is 22.6 Å². The third-order valence-corrected chi connectivity index (χ3v) is 5.98. The molecule has 1 aliphatic heterocycles. The number of fused-ring (bicyclic) bond motifs is 1. The van der Waals surface area contributed by atoms with Crippen molar-refractivity contribution in [3.8, 4) is 5.69 Å². The summed E-state index contributed by atoms with van der Waals surface area (Å²) in [5.74, 6) is 1.38. The second kappa shape index (κ2) is 8.55. The van der Waals surface area contributed by atoms with Gasteiger partial charge in [-0.2, -0.15) is 0 Å². The molecule has 3 heterocycles. The standard InChI is InChI=1S/C24H25FN6O/c1-16-26-10-12-31(16)20-7-5-19(6-8-20)27-24(32)17-3-2-11-30(14-17)15-23-28-21-9-4-18(25)13-22(21)29-23/h4-10,12-13,17H,2-3,11,14-15H2,1H3,(H,27,32)(H,28,29). The summed E-state index contributed by atoms with van der Waals surface area (Å²) in [6.07, 6.45) is 5.49. The number of carbonyl (C=O) groups is 1. The Balaban J connectivity index is 1.21. The Bertz CT molecular complexity index is 1250. The highest BCUT2D eigenvalue weighted by molar-refractivity contribution is 5.92. The van der Waals surface area contributed by atoms with Crippen LogP contribution in [0, 0.1) is 18.7 Å². The van der Waals surface area contributed by atoms with Crippen LogP contribution in [-0.2, 0) is 11.3 Å². The number of aromatic nitrogens is 4. The Kier molecular flexibility index (Phi) is 5.45. The molecule has 32 heavy (non-hydrogen) atoms. The lowest BCUT2D eigenvalue weighted by Gasteiger charge is -2.31. The minimum absolute atomic E-state index is 0.0351. The average Bonchev–Trinajstić information content (AvgIpc) is 3.39. The fourth-order valence-electron chi connectivity index (χ4n) is 4.34. The summed E-state index contributed by atoms with van der Waals surface area (Å²) in [5.41, 5.74) is 3.24. The third kappa shape index (κ3) is 4.27. The molecule has 1 unspecified atom stereocenters. The monoisotopic (exact) mass is 432 g/mol. The first-order valence-electron chi connectivity index (χ1n) is 10.8. The van der Waals surface area contributed by atoms with Gasteiger partial charge in [0.15, 0.2) is 0 Å². The number of piperidine rings is 1. The molecule has 1 fully saturated rings. The SMILES string of the molecule is Cc1nccn1-c1ccc(NC(=O)C2CCCN(Cc3nc4ccc(F)cc4[nH]3)C2)cc1. The summed E-state index contributed by atoms with van der Waals surface area (Å²) in [5, 5.41) is 3.06. The molecule has 2 N–H and O–H groups in total. The lowest BCUT2D eigenvalue weighted by Crippen LogP contribution is -2.40. The molecule has 0 bridgehead atoms. The largest absolute Gasteiger partial charge is 0.341 e. The Morgan fingerprint density at radius 3 is 2.88 bits per heavy atom. The van der Waals surface area contributed by atoms with Crippen LogP contribution in [0.1, 0.15) is 24.5 Å². The molecule has 0 aliphatic carbocycles. The highest BCUT2D eigenvalue weighted by atomic mass is 19.1. The zero-order valence-corrected chi connectivity index (χ0v) is 17.9. The van der Waals surface area contributed by atoms with Crippen molar-refractivity contribution in [1.29, 1.82) is 0 Å². The number of carbonyl (C=O) groups excluding carboxylic acids is 1. The predicted octanol–water partition coefficient (Wildman–Crippen LogP) is 4.05. The second-order valence-electron chi connectivity index (χ2n) is 8.30. The third-order valence-electron chi connectivity index (χ3n) is 5.98. The maximum Gasteiger partial charge on any atom is 0.228 e. The summed E-state index contributed by atoms with van der Waals surface area (Å²) in [6, 6.07) is 12.3.